The van der Waals surface area contributed by atoms with Gasteiger partial charge in [-0.25, -0.2) is 4.79 Å². The summed E-state index contributed by atoms with van der Waals surface area (Å²) in [6.45, 7) is 5.90. The third-order valence-corrected chi connectivity index (χ3v) is 4.36. The molecular weight excluding hydrogens is 300 g/mol. The van der Waals surface area contributed by atoms with Crippen molar-refractivity contribution in [2.24, 2.45) is 0 Å². The normalized spacial score (nSPS) is 10.7. The van der Waals surface area contributed by atoms with Gasteiger partial charge >= 0.3 is 5.97 Å². The highest BCUT2D eigenvalue weighted by atomic mass is 16.5. The van der Waals surface area contributed by atoms with E-state index in [4.69, 9.17) is 9.47 Å². The van der Waals surface area contributed by atoms with Crippen LogP contribution in [-0.2, 0) is 0 Å². The van der Waals surface area contributed by atoms with Crippen molar-refractivity contribution in [3.05, 3.63) is 70.8 Å². The van der Waals surface area contributed by atoms with Crippen LogP contribution in [0.5, 0.6) is 11.5 Å². The first-order chi connectivity index (χ1) is 11.5. The Morgan fingerprint density at radius 2 is 1.50 bits per heavy atom. The maximum Gasteiger partial charge on any atom is 0.347 e. The second kappa shape index (κ2) is 6.36. The number of carbonyl (C=O) groups excluding carboxylic acids is 1. The maximum absolute atomic E-state index is 12.8. The summed E-state index contributed by atoms with van der Waals surface area (Å²) in [4.78, 5) is 12.8. The van der Waals surface area contributed by atoms with Crippen LogP contribution in [0.2, 0.25) is 0 Å². The fraction of sp³-hybridized carbons (Fsp3) is 0.190. The Hall–Kier alpha value is -2.81. The van der Waals surface area contributed by atoms with Gasteiger partial charge < -0.3 is 9.47 Å². The highest BCUT2D eigenvalue weighted by molar-refractivity contribution is 5.99. The molecule has 3 aromatic carbocycles. The van der Waals surface area contributed by atoms with Crippen molar-refractivity contribution in [2.45, 2.75) is 20.8 Å². The molecule has 24 heavy (non-hydrogen) atoms. The van der Waals surface area contributed by atoms with E-state index in [2.05, 4.69) is 0 Å². The Labute approximate surface area is 141 Å². The lowest BCUT2D eigenvalue weighted by Crippen LogP contribution is -2.12. The Morgan fingerprint density at radius 3 is 2.17 bits per heavy atom. The molecule has 0 heterocycles. The summed E-state index contributed by atoms with van der Waals surface area (Å²) >= 11 is 0. The monoisotopic (exact) mass is 320 g/mol. The lowest BCUT2D eigenvalue weighted by Gasteiger charge is -2.14. The third kappa shape index (κ3) is 2.85. The number of methoxy groups -OCH3 is 1. The second-order valence-corrected chi connectivity index (χ2v) is 5.94. The van der Waals surface area contributed by atoms with Crippen molar-refractivity contribution in [3.8, 4) is 11.5 Å². The van der Waals surface area contributed by atoms with Crippen molar-refractivity contribution < 1.29 is 14.3 Å². The molecule has 0 atom stereocenters. The van der Waals surface area contributed by atoms with Crippen LogP contribution in [0.4, 0.5) is 0 Å². The topological polar surface area (TPSA) is 35.5 Å². The Balaban J connectivity index is 2.04. The summed E-state index contributed by atoms with van der Waals surface area (Å²) in [5.41, 5.74) is 3.43. The summed E-state index contributed by atoms with van der Waals surface area (Å²) in [6.07, 6.45) is 0. The number of carbonyl (C=O) groups is 1. The van der Waals surface area contributed by atoms with Gasteiger partial charge in [-0.2, -0.15) is 0 Å². The average Bonchev–Trinajstić information content (AvgIpc) is 2.60. The molecule has 0 bridgehead atoms. The quantitative estimate of drug-likeness (QED) is 0.503. The molecule has 3 aromatic rings. The first kappa shape index (κ1) is 16.1. The lowest BCUT2D eigenvalue weighted by atomic mass is 10.0. The molecule has 0 radical (unpaired) electrons. The molecule has 3 nitrogen and oxygen atoms in total. The van der Waals surface area contributed by atoms with E-state index in [1.54, 1.807) is 7.11 Å². The minimum atomic E-state index is -0.408. The highest BCUT2D eigenvalue weighted by Gasteiger charge is 2.18. The molecule has 0 aliphatic rings. The highest BCUT2D eigenvalue weighted by Crippen LogP contribution is 2.30. The first-order valence-electron chi connectivity index (χ1n) is 7.87. The maximum atomic E-state index is 12.8. The van der Waals surface area contributed by atoms with E-state index in [-0.39, 0.29) is 0 Å². The second-order valence-electron chi connectivity index (χ2n) is 5.94. The molecule has 122 valence electrons. The van der Waals surface area contributed by atoms with Gasteiger partial charge in [0.05, 0.1) is 7.11 Å². The van der Waals surface area contributed by atoms with E-state index in [1.807, 2.05) is 69.3 Å². The predicted octanol–water partition coefficient (Wildman–Crippen LogP) is 4.99. The summed E-state index contributed by atoms with van der Waals surface area (Å²) in [7, 11) is 1.56. The Kier molecular flexibility index (Phi) is 4.26. The molecule has 3 rings (SSSR count). The number of hydrogen-bond donors (Lipinski definition) is 0. The number of fused-ring (bicyclic) bond motifs is 1. The Bertz CT molecular complexity index is 926. The molecule has 0 aromatic heterocycles. The van der Waals surface area contributed by atoms with Crippen LogP contribution in [0, 0.1) is 20.8 Å². The largest absolute Gasteiger partial charge is 0.496 e. The number of hydrogen-bond acceptors (Lipinski definition) is 3. The predicted molar refractivity (Wildman–Crippen MR) is 96.1 cm³/mol. The van der Waals surface area contributed by atoms with Gasteiger partial charge in [0.25, 0.3) is 0 Å². The van der Waals surface area contributed by atoms with Crippen LogP contribution >= 0.6 is 0 Å². The minimum Gasteiger partial charge on any atom is -0.496 e. The number of aryl methyl sites for hydroxylation is 2. The van der Waals surface area contributed by atoms with Crippen LogP contribution in [0.3, 0.4) is 0 Å². The first-order valence-corrected chi connectivity index (χ1v) is 7.87. The summed E-state index contributed by atoms with van der Waals surface area (Å²) < 4.78 is 11.1. The fourth-order valence-corrected chi connectivity index (χ4v) is 2.78. The molecule has 0 spiro atoms. The number of rotatable bonds is 3. The van der Waals surface area contributed by atoms with Gasteiger partial charge in [0.15, 0.2) is 0 Å². The number of benzene rings is 3. The van der Waals surface area contributed by atoms with E-state index in [9.17, 15) is 4.79 Å². The van der Waals surface area contributed by atoms with Crippen molar-refractivity contribution >= 4 is 16.7 Å². The Morgan fingerprint density at radius 1 is 0.875 bits per heavy atom. The van der Waals surface area contributed by atoms with Crippen LogP contribution in [-0.4, -0.2) is 13.1 Å². The summed E-state index contributed by atoms with van der Waals surface area (Å²) in [5, 5.41) is 2.00. The van der Waals surface area contributed by atoms with Crippen molar-refractivity contribution in [3.63, 3.8) is 0 Å². The van der Waals surface area contributed by atoms with Crippen LogP contribution in [0.15, 0.2) is 48.5 Å². The average molecular weight is 320 g/mol. The van der Waals surface area contributed by atoms with E-state index in [0.29, 0.717) is 17.1 Å². The van der Waals surface area contributed by atoms with Gasteiger partial charge in [0, 0.05) is 0 Å². The molecule has 0 unspecified atom stereocenters. The summed E-state index contributed by atoms with van der Waals surface area (Å²) in [5.74, 6) is 0.728. The molecular formula is C21H20O3. The van der Waals surface area contributed by atoms with Crippen molar-refractivity contribution in [1.82, 2.24) is 0 Å². The van der Waals surface area contributed by atoms with Gasteiger partial charge in [0.1, 0.15) is 17.1 Å². The van der Waals surface area contributed by atoms with E-state index in [0.717, 1.165) is 27.5 Å². The minimum absolute atomic E-state index is 0.408. The van der Waals surface area contributed by atoms with Gasteiger partial charge in [-0.15, -0.1) is 0 Å². The third-order valence-electron chi connectivity index (χ3n) is 4.36. The van der Waals surface area contributed by atoms with Gasteiger partial charge in [-0.05, 0) is 60.4 Å². The molecule has 0 saturated carbocycles. The molecule has 3 heteroatoms. The molecule has 0 fully saturated rings. The lowest BCUT2D eigenvalue weighted by molar-refractivity contribution is 0.0729. The van der Waals surface area contributed by atoms with Crippen LogP contribution in [0.1, 0.15) is 27.0 Å². The number of esters is 1. The smallest absolute Gasteiger partial charge is 0.347 e. The molecule has 0 aliphatic carbocycles. The van der Waals surface area contributed by atoms with Crippen molar-refractivity contribution in [1.29, 1.82) is 0 Å². The van der Waals surface area contributed by atoms with E-state index < -0.39 is 5.97 Å². The fourth-order valence-electron chi connectivity index (χ4n) is 2.78. The molecule has 0 amide bonds. The zero-order chi connectivity index (χ0) is 17.3. The van der Waals surface area contributed by atoms with E-state index >= 15 is 0 Å². The van der Waals surface area contributed by atoms with Gasteiger partial charge in [-0.3, -0.25) is 0 Å². The van der Waals surface area contributed by atoms with Crippen LogP contribution < -0.4 is 9.47 Å². The molecule has 0 N–H and O–H groups in total. The standard InChI is InChI=1S/C21H20O3/c1-13-9-10-14(2)20(15(13)3)24-21(22)18-11-16-7-5-6-8-17(16)12-19(18)23-4/h5-12H,1-4H3. The number of ether oxygens (including phenoxy) is 2. The van der Waals surface area contributed by atoms with Gasteiger partial charge in [0.2, 0.25) is 0 Å². The van der Waals surface area contributed by atoms with E-state index in [1.165, 1.54) is 0 Å². The molecule has 0 saturated heterocycles. The molecule has 0 aliphatic heterocycles. The van der Waals surface area contributed by atoms with Crippen molar-refractivity contribution in [2.75, 3.05) is 7.11 Å². The zero-order valence-corrected chi connectivity index (χ0v) is 14.3. The summed E-state index contributed by atoms with van der Waals surface area (Å²) in [6, 6.07) is 15.5. The SMILES string of the molecule is COc1cc2ccccc2cc1C(=O)Oc1c(C)ccc(C)c1C. The van der Waals surface area contributed by atoms with Gasteiger partial charge in [-0.1, -0.05) is 36.4 Å². The zero-order valence-electron chi connectivity index (χ0n) is 14.3. The van der Waals surface area contributed by atoms with Crippen LogP contribution in [0.25, 0.3) is 10.8 Å².